The van der Waals surface area contributed by atoms with Crippen molar-refractivity contribution in [2.75, 3.05) is 42.9 Å². The zero-order valence-corrected chi connectivity index (χ0v) is 16.8. The molecule has 0 unspecified atom stereocenters. The van der Waals surface area contributed by atoms with Gasteiger partial charge in [-0.25, -0.2) is 0 Å². The Balaban J connectivity index is 1.34. The lowest BCUT2D eigenvalue weighted by Gasteiger charge is -2.35. The van der Waals surface area contributed by atoms with Crippen molar-refractivity contribution in [1.82, 2.24) is 14.7 Å². The molecule has 1 aliphatic rings. The molecule has 0 spiro atoms. The number of carbonyl (C=O) groups excluding carboxylic acids is 1. The van der Waals surface area contributed by atoms with E-state index in [4.69, 9.17) is 0 Å². The van der Waals surface area contributed by atoms with Gasteiger partial charge >= 0.3 is 0 Å². The molecule has 4 rings (SSSR count). The summed E-state index contributed by atoms with van der Waals surface area (Å²) < 4.78 is 1.78. The maximum atomic E-state index is 12.6. The largest absolute Gasteiger partial charge is 0.369 e. The van der Waals surface area contributed by atoms with Crippen LogP contribution >= 0.6 is 0 Å². The molecule has 1 aromatic heterocycles. The highest BCUT2D eigenvalue weighted by atomic mass is 16.1. The third kappa shape index (κ3) is 4.84. The van der Waals surface area contributed by atoms with Crippen molar-refractivity contribution in [1.29, 1.82) is 0 Å². The molecule has 150 valence electrons. The summed E-state index contributed by atoms with van der Waals surface area (Å²) >= 11 is 0. The first-order valence-corrected chi connectivity index (χ1v) is 10.2. The average molecular weight is 390 g/mol. The Labute approximate surface area is 171 Å². The molecule has 1 amide bonds. The molecule has 2 heterocycles. The number of hydrogen-bond acceptors (Lipinski definition) is 4. The number of amides is 1. The Morgan fingerprint density at radius 1 is 1.00 bits per heavy atom. The molecule has 0 radical (unpaired) electrons. The van der Waals surface area contributed by atoms with Gasteiger partial charge in [0.2, 0.25) is 0 Å². The topological polar surface area (TPSA) is 53.4 Å². The number of benzene rings is 2. The molecule has 0 bridgehead atoms. The standard InChI is InChI=1S/C23H27N5O/c1-2-26-12-14-27(15-13-26)22-10-8-21(9-11-22)25-23(29)20-16-24-28(18-20)17-19-6-4-3-5-7-19/h3-11,16,18H,2,12-15,17H2,1H3,(H,25,29). The van der Waals surface area contributed by atoms with E-state index in [0.29, 0.717) is 12.1 Å². The maximum absolute atomic E-state index is 12.6. The summed E-state index contributed by atoms with van der Waals surface area (Å²) in [6.45, 7) is 8.25. The normalized spacial score (nSPS) is 14.7. The van der Waals surface area contributed by atoms with Gasteiger partial charge in [0, 0.05) is 43.8 Å². The summed E-state index contributed by atoms with van der Waals surface area (Å²) in [5, 5.41) is 7.27. The molecule has 0 atom stereocenters. The minimum absolute atomic E-state index is 0.145. The van der Waals surface area contributed by atoms with Crippen molar-refractivity contribution in [2.45, 2.75) is 13.5 Å². The second-order valence-corrected chi connectivity index (χ2v) is 7.33. The van der Waals surface area contributed by atoms with Crippen molar-refractivity contribution < 1.29 is 4.79 Å². The van der Waals surface area contributed by atoms with Crippen LogP contribution in [0.3, 0.4) is 0 Å². The van der Waals surface area contributed by atoms with Crippen LogP contribution in [0.1, 0.15) is 22.8 Å². The number of nitrogens with one attached hydrogen (secondary N) is 1. The van der Waals surface area contributed by atoms with Crippen molar-refractivity contribution in [3.63, 3.8) is 0 Å². The Hall–Kier alpha value is -3.12. The molecule has 0 saturated carbocycles. The number of likely N-dealkylation sites (N-methyl/N-ethyl adjacent to an activating group) is 1. The van der Waals surface area contributed by atoms with Crippen LogP contribution in [0.4, 0.5) is 11.4 Å². The lowest BCUT2D eigenvalue weighted by molar-refractivity contribution is 0.102. The number of piperazine rings is 1. The summed E-state index contributed by atoms with van der Waals surface area (Å²) in [5.74, 6) is -0.145. The predicted molar refractivity (Wildman–Crippen MR) is 116 cm³/mol. The summed E-state index contributed by atoms with van der Waals surface area (Å²) in [6, 6.07) is 18.2. The van der Waals surface area contributed by atoms with Crippen molar-refractivity contribution in [2.24, 2.45) is 0 Å². The number of hydrogen-bond donors (Lipinski definition) is 1. The number of carbonyl (C=O) groups is 1. The number of aromatic nitrogens is 2. The van der Waals surface area contributed by atoms with Crippen LogP contribution in [-0.2, 0) is 6.54 Å². The Kier molecular flexibility index (Phi) is 5.91. The van der Waals surface area contributed by atoms with E-state index in [-0.39, 0.29) is 5.91 Å². The predicted octanol–water partition coefficient (Wildman–Crippen LogP) is 3.33. The number of nitrogens with zero attached hydrogens (tertiary/aromatic N) is 4. The zero-order valence-electron chi connectivity index (χ0n) is 16.8. The third-order valence-corrected chi connectivity index (χ3v) is 5.39. The Bertz CT molecular complexity index is 927. The minimum atomic E-state index is -0.145. The highest BCUT2D eigenvalue weighted by Crippen LogP contribution is 2.20. The molecule has 1 aliphatic heterocycles. The smallest absolute Gasteiger partial charge is 0.258 e. The fourth-order valence-corrected chi connectivity index (χ4v) is 3.62. The van der Waals surface area contributed by atoms with E-state index in [1.165, 1.54) is 5.69 Å². The molecular formula is C23H27N5O. The summed E-state index contributed by atoms with van der Waals surface area (Å²) in [4.78, 5) is 17.4. The van der Waals surface area contributed by atoms with E-state index >= 15 is 0 Å². The summed E-state index contributed by atoms with van der Waals surface area (Å²) in [6.07, 6.45) is 3.39. The molecule has 3 aromatic rings. The lowest BCUT2D eigenvalue weighted by atomic mass is 10.2. The van der Waals surface area contributed by atoms with Crippen molar-refractivity contribution >= 4 is 17.3 Å². The average Bonchev–Trinajstić information content (AvgIpc) is 3.24. The number of rotatable bonds is 6. The van der Waals surface area contributed by atoms with Crippen molar-refractivity contribution in [3.05, 3.63) is 78.1 Å². The first-order valence-electron chi connectivity index (χ1n) is 10.2. The fourth-order valence-electron chi connectivity index (χ4n) is 3.62. The molecule has 1 fully saturated rings. The van der Waals surface area contributed by atoms with Crippen LogP contribution in [0.25, 0.3) is 0 Å². The third-order valence-electron chi connectivity index (χ3n) is 5.39. The Morgan fingerprint density at radius 2 is 1.72 bits per heavy atom. The quantitative estimate of drug-likeness (QED) is 0.703. The van der Waals surface area contributed by atoms with Crippen LogP contribution in [-0.4, -0.2) is 53.3 Å². The SMILES string of the molecule is CCN1CCN(c2ccc(NC(=O)c3cnn(Cc4ccccc4)c3)cc2)CC1. The fraction of sp³-hybridized carbons (Fsp3) is 0.304. The van der Waals surface area contributed by atoms with Crippen molar-refractivity contribution in [3.8, 4) is 0 Å². The first-order chi connectivity index (χ1) is 14.2. The van der Waals surface area contributed by atoms with Gasteiger partial charge in [-0.1, -0.05) is 37.3 Å². The zero-order chi connectivity index (χ0) is 20.1. The van der Waals surface area contributed by atoms with Gasteiger partial charge in [0.05, 0.1) is 18.3 Å². The van der Waals surface area contributed by atoms with E-state index in [1.807, 2.05) is 42.5 Å². The van der Waals surface area contributed by atoms with E-state index in [2.05, 4.69) is 39.3 Å². The van der Waals surface area contributed by atoms with Crippen LogP contribution in [0, 0.1) is 0 Å². The van der Waals surface area contributed by atoms with Gasteiger partial charge in [0.25, 0.3) is 5.91 Å². The van der Waals surface area contributed by atoms with Gasteiger partial charge in [-0.05, 0) is 36.4 Å². The molecule has 1 N–H and O–H groups in total. The second-order valence-electron chi connectivity index (χ2n) is 7.33. The highest BCUT2D eigenvalue weighted by molar-refractivity contribution is 6.04. The molecule has 2 aromatic carbocycles. The summed E-state index contributed by atoms with van der Waals surface area (Å²) in [5.41, 5.74) is 3.70. The van der Waals surface area contributed by atoms with Gasteiger partial charge in [0.1, 0.15) is 0 Å². The molecular weight excluding hydrogens is 362 g/mol. The maximum Gasteiger partial charge on any atom is 0.258 e. The van der Waals surface area contributed by atoms with E-state index in [0.717, 1.165) is 44.0 Å². The van der Waals surface area contributed by atoms with E-state index in [9.17, 15) is 4.79 Å². The van der Waals surface area contributed by atoms with Gasteiger partial charge in [-0.2, -0.15) is 5.10 Å². The first kappa shape index (κ1) is 19.2. The molecule has 6 heteroatoms. The van der Waals surface area contributed by atoms with Gasteiger partial charge in [-0.15, -0.1) is 0 Å². The molecule has 6 nitrogen and oxygen atoms in total. The van der Waals surface area contributed by atoms with Crippen LogP contribution < -0.4 is 10.2 Å². The highest BCUT2D eigenvalue weighted by Gasteiger charge is 2.16. The minimum Gasteiger partial charge on any atom is -0.369 e. The van der Waals surface area contributed by atoms with Gasteiger partial charge < -0.3 is 15.1 Å². The second kappa shape index (κ2) is 8.92. The van der Waals surface area contributed by atoms with Gasteiger partial charge in [-0.3, -0.25) is 9.48 Å². The molecule has 29 heavy (non-hydrogen) atoms. The van der Waals surface area contributed by atoms with Gasteiger partial charge in [0.15, 0.2) is 0 Å². The number of anilines is 2. The monoisotopic (exact) mass is 389 g/mol. The summed E-state index contributed by atoms with van der Waals surface area (Å²) in [7, 11) is 0. The van der Waals surface area contributed by atoms with E-state index in [1.54, 1.807) is 17.1 Å². The van der Waals surface area contributed by atoms with Crippen LogP contribution in [0.15, 0.2) is 67.0 Å². The lowest BCUT2D eigenvalue weighted by Crippen LogP contribution is -2.46. The molecule has 1 saturated heterocycles. The van der Waals surface area contributed by atoms with Crippen LogP contribution in [0.5, 0.6) is 0 Å². The molecule has 0 aliphatic carbocycles. The van der Waals surface area contributed by atoms with E-state index < -0.39 is 0 Å². The Morgan fingerprint density at radius 3 is 2.41 bits per heavy atom. The van der Waals surface area contributed by atoms with Crippen LogP contribution in [0.2, 0.25) is 0 Å².